The van der Waals surface area contributed by atoms with Crippen molar-refractivity contribution in [3.05, 3.63) is 118 Å². The van der Waals surface area contributed by atoms with Crippen molar-refractivity contribution in [2.24, 2.45) is 0 Å². The van der Waals surface area contributed by atoms with Crippen molar-refractivity contribution >= 4 is 11.9 Å². The van der Waals surface area contributed by atoms with E-state index in [1.807, 2.05) is 18.2 Å². The highest BCUT2D eigenvalue weighted by Gasteiger charge is 2.35. The average molecular weight is 522 g/mol. The Labute approximate surface area is 226 Å². The van der Waals surface area contributed by atoms with E-state index in [0.29, 0.717) is 35.6 Å². The van der Waals surface area contributed by atoms with Crippen LogP contribution in [0.1, 0.15) is 49.0 Å². The summed E-state index contributed by atoms with van der Waals surface area (Å²) >= 11 is 0. The third kappa shape index (κ3) is 4.73. The number of fused-ring (bicyclic) bond motifs is 4. The van der Waals surface area contributed by atoms with E-state index in [4.69, 9.17) is 14.2 Å². The molecule has 4 aromatic carbocycles. The van der Waals surface area contributed by atoms with Crippen LogP contribution in [0.15, 0.2) is 84.9 Å². The van der Waals surface area contributed by atoms with Crippen LogP contribution in [0.25, 0.3) is 0 Å². The second-order valence-electron chi connectivity index (χ2n) is 9.70. The molecule has 0 aromatic heterocycles. The van der Waals surface area contributed by atoms with Crippen molar-refractivity contribution in [2.75, 3.05) is 13.7 Å². The molecular weight excluding hydrogens is 494 g/mol. The van der Waals surface area contributed by atoms with Gasteiger partial charge in [-0.15, -0.1) is 0 Å². The summed E-state index contributed by atoms with van der Waals surface area (Å²) in [6.07, 6.45) is 1.44. The van der Waals surface area contributed by atoms with E-state index in [-0.39, 0.29) is 17.5 Å². The van der Waals surface area contributed by atoms with Crippen LogP contribution in [0.5, 0.6) is 23.0 Å². The average Bonchev–Trinajstić information content (AvgIpc) is 2.97. The summed E-state index contributed by atoms with van der Waals surface area (Å²) in [5.74, 6) is 0.0945. The van der Waals surface area contributed by atoms with Gasteiger partial charge in [-0.25, -0.2) is 9.59 Å². The minimum atomic E-state index is -0.519. The van der Waals surface area contributed by atoms with Gasteiger partial charge >= 0.3 is 11.9 Å². The molecule has 2 aliphatic rings. The zero-order valence-electron chi connectivity index (χ0n) is 21.4. The second kappa shape index (κ2) is 10.3. The fourth-order valence-electron chi connectivity index (χ4n) is 5.47. The number of methoxy groups -OCH3 is 1. The van der Waals surface area contributed by atoms with Gasteiger partial charge < -0.3 is 19.3 Å². The number of aromatic hydroxyl groups is 1. The first-order valence-electron chi connectivity index (χ1n) is 12.8. The van der Waals surface area contributed by atoms with Crippen molar-refractivity contribution < 1.29 is 28.9 Å². The van der Waals surface area contributed by atoms with Gasteiger partial charge in [-0.3, -0.25) is 4.90 Å². The number of carbonyl (C=O) groups is 2. The topological polar surface area (TPSA) is 85.3 Å². The molecule has 6 rings (SSSR count). The van der Waals surface area contributed by atoms with Gasteiger partial charge in [0, 0.05) is 24.7 Å². The van der Waals surface area contributed by atoms with Gasteiger partial charge in [-0.1, -0.05) is 42.5 Å². The number of phenols is 1. The van der Waals surface area contributed by atoms with Crippen LogP contribution in [0.3, 0.4) is 0 Å². The lowest BCUT2D eigenvalue weighted by Gasteiger charge is -2.42. The zero-order valence-corrected chi connectivity index (χ0v) is 21.4. The molecule has 0 aliphatic carbocycles. The van der Waals surface area contributed by atoms with E-state index >= 15 is 0 Å². The van der Waals surface area contributed by atoms with E-state index in [9.17, 15) is 14.7 Å². The first-order valence-corrected chi connectivity index (χ1v) is 12.8. The Bertz CT molecular complexity index is 1550. The lowest BCUT2D eigenvalue weighted by atomic mass is 9.83. The highest BCUT2D eigenvalue weighted by Crippen LogP contribution is 2.46. The standard InChI is InChI=1S/C32H27NO6/c1-37-30-25-19-33-15-14-23-17-27(34)29(39-32(36)21-10-6-3-7-11-21)18-24(23)26(33)16-22(25)12-13-28(30)38-31(35)20-8-4-2-5-9-20/h2-13,17-18,26,34H,14-16,19H2,1H3/t26-/m0/s1. The smallest absolute Gasteiger partial charge is 0.343 e. The number of ether oxygens (including phenoxy) is 3. The van der Waals surface area contributed by atoms with Crippen molar-refractivity contribution in [1.29, 1.82) is 0 Å². The molecule has 7 nitrogen and oxygen atoms in total. The van der Waals surface area contributed by atoms with E-state index in [1.54, 1.807) is 73.8 Å². The number of phenolic OH excluding ortho intramolecular Hbond substituents is 1. The maximum Gasteiger partial charge on any atom is 0.343 e. The molecule has 0 bridgehead atoms. The summed E-state index contributed by atoms with van der Waals surface area (Å²) in [4.78, 5) is 27.7. The highest BCUT2D eigenvalue weighted by molar-refractivity contribution is 5.92. The molecule has 0 amide bonds. The molecule has 0 fully saturated rings. The number of esters is 2. The van der Waals surface area contributed by atoms with Crippen LogP contribution in [0.2, 0.25) is 0 Å². The van der Waals surface area contributed by atoms with Gasteiger partial charge in [0.1, 0.15) is 0 Å². The number of hydrogen-bond donors (Lipinski definition) is 1. The minimum absolute atomic E-state index is 0.0402. The molecule has 39 heavy (non-hydrogen) atoms. The summed E-state index contributed by atoms with van der Waals surface area (Å²) in [5.41, 5.74) is 5.04. The molecule has 0 saturated carbocycles. The first kappa shape index (κ1) is 24.7. The molecule has 0 spiro atoms. The fraction of sp³-hybridized carbons (Fsp3) is 0.188. The summed E-state index contributed by atoms with van der Waals surface area (Å²) in [5, 5.41) is 10.6. The SMILES string of the molecule is COc1c(OC(=O)c2ccccc2)ccc2c1CN1CCc3cc(O)c(OC(=O)c4ccccc4)cc3[C@@H]1C2. The molecule has 0 unspecified atom stereocenters. The van der Waals surface area contributed by atoms with E-state index in [1.165, 1.54) is 0 Å². The second-order valence-corrected chi connectivity index (χ2v) is 9.70. The minimum Gasteiger partial charge on any atom is -0.504 e. The predicted molar refractivity (Wildman–Crippen MR) is 144 cm³/mol. The molecule has 0 saturated heterocycles. The van der Waals surface area contributed by atoms with Crippen molar-refractivity contribution in [2.45, 2.75) is 25.4 Å². The van der Waals surface area contributed by atoms with Gasteiger partial charge in [0.25, 0.3) is 0 Å². The normalized spacial score (nSPS) is 15.9. The van der Waals surface area contributed by atoms with Gasteiger partial charge in [0.15, 0.2) is 23.0 Å². The summed E-state index contributed by atoms with van der Waals surface area (Å²) in [6, 6.07) is 24.9. The lowest BCUT2D eigenvalue weighted by Crippen LogP contribution is -2.39. The Morgan fingerprint density at radius 3 is 2.10 bits per heavy atom. The molecule has 2 aliphatic heterocycles. The number of benzene rings is 4. The summed E-state index contributed by atoms with van der Waals surface area (Å²) < 4.78 is 17.1. The molecule has 196 valence electrons. The van der Waals surface area contributed by atoms with Crippen molar-refractivity contribution in [3.63, 3.8) is 0 Å². The van der Waals surface area contributed by atoms with Crippen LogP contribution < -0.4 is 14.2 Å². The molecule has 4 aromatic rings. The third-order valence-corrected chi connectivity index (χ3v) is 7.41. The lowest BCUT2D eigenvalue weighted by molar-refractivity contribution is 0.0720. The third-order valence-electron chi connectivity index (χ3n) is 7.41. The predicted octanol–water partition coefficient (Wildman–Crippen LogP) is 5.49. The van der Waals surface area contributed by atoms with Gasteiger partial charge in [-0.2, -0.15) is 0 Å². The van der Waals surface area contributed by atoms with Crippen molar-refractivity contribution in [3.8, 4) is 23.0 Å². The van der Waals surface area contributed by atoms with E-state index < -0.39 is 11.9 Å². The van der Waals surface area contributed by atoms with E-state index in [2.05, 4.69) is 4.90 Å². The number of hydrogen-bond acceptors (Lipinski definition) is 7. The quantitative estimate of drug-likeness (QED) is 0.274. The molecule has 1 N–H and O–H groups in total. The van der Waals surface area contributed by atoms with Crippen molar-refractivity contribution in [1.82, 2.24) is 4.90 Å². The maximum absolute atomic E-state index is 12.7. The molecular formula is C32H27NO6. The zero-order chi connectivity index (χ0) is 26.9. The van der Waals surface area contributed by atoms with E-state index in [0.717, 1.165) is 35.2 Å². The summed E-state index contributed by atoms with van der Waals surface area (Å²) in [7, 11) is 1.59. The van der Waals surface area contributed by atoms with Crippen LogP contribution in [0, 0.1) is 0 Å². The monoisotopic (exact) mass is 521 g/mol. The number of nitrogens with zero attached hydrogens (tertiary/aromatic N) is 1. The molecule has 0 radical (unpaired) electrons. The Kier molecular flexibility index (Phi) is 6.50. The van der Waals surface area contributed by atoms with Crippen LogP contribution >= 0.6 is 0 Å². The van der Waals surface area contributed by atoms with Gasteiger partial charge in [-0.05, 0) is 72.0 Å². The number of rotatable bonds is 5. The van der Waals surface area contributed by atoms with Crippen LogP contribution in [-0.4, -0.2) is 35.6 Å². The maximum atomic E-state index is 12.7. The summed E-state index contributed by atoms with van der Waals surface area (Å²) in [6.45, 7) is 1.40. The largest absolute Gasteiger partial charge is 0.504 e. The molecule has 7 heteroatoms. The Balaban J connectivity index is 1.28. The highest BCUT2D eigenvalue weighted by atomic mass is 16.6. The first-order chi connectivity index (χ1) is 19.0. The Morgan fingerprint density at radius 2 is 1.46 bits per heavy atom. The van der Waals surface area contributed by atoms with Crippen LogP contribution in [0.4, 0.5) is 0 Å². The number of carbonyl (C=O) groups excluding carboxylic acids is 2. The van der Waals surface area contributed by atoms with Crippen LogP contribution in [-0.2, 0) is 19.4 Å². The fourth-order valence-corrected chi connectivity index (χ4v) is 5.47. The van der Waals surface area contributed by atoms with Gasteiger partial charge in [0.05, 0.1) is 18.2 Å². The Morgan fingerprint density at radius 1 is 0.821 bits per heavy atom. The van der Waals surface area contributed by atoms with Gasteiger partial charge in [0.2, 0.25) is 0 Å². The molecule has 2 heterocycles. The molecule has 1 atom stereocenters. The Hall–Kier alpha value is -4.62.